The van der Waals surface area contributed by atoms with Crippen molar-refractivity contribution in [2.45, 2.75) is 32.3 Å². The summed E-state index contributed by atoms with van der Waals surface area (Å²) in [4.78, 5) is 8.68. The first kappa shape index (κ1) is 14.3. The van der Waals surface area contributed by atoms with Crippen molar-refractivity contribution in [2.24, 2.45) is 0 Å². The Morgan fingerprint density at radius 3 is 2.95 bits per heavy atom. The molecule has 110 valence electrons. The topological polar surface area (TPSA) is 47.0 Å². The highest BCUT2D eigenvalue weighted by atomic mass is 35.5. The van der Waals surface area contributed by atoms with Gasteiger partial charge < -0.3 is 10.1 Å². The second-order valence-electron chi connectivity index (χ2n) is 5.21. The van der Waals surface area contributed by atoms with Crippen molar-refractivity contribution >= 4 is 23.2 Å². The van der Waals surface area contributed by atoms with Gasteiger partial charge in [0, 0.05) is 12.8 Å². The minimum Gasteiger partial charge on any atom is -0.378 e. The van der Waals surface area contributed by atoms with Crippen LogP contribution >= 0.6 is 11.6 Å². The maximum atomic E-state index is 6.05. The number of halogens is 1. The van der Waals surface area contributed by atoms with Crippen molar-refractivity contribution in [1.29, 1.82) is 0 Å². The average Bonchev–Trinajstić information content (AvgIpc) is 2.47. The zero-order valence-electron chi connectivity index (χ0n) is 12.0. The van der Waals surface area contributed by atoms with Crippen molar-refractivity contribution in [3.05, 3.63) is 46.2 Å². The number of hydrogen-bond acceptors (Lipinski definition) is 4. The Labute approximate surface area is 129 Å². The Kier molecular flexibility index (Phi) is 4.36. The van der Waals surface area contributed by atoms with Gasteiger partial charge in [0.1, 0.15) is 5.15 Å². The second-order valence-corrected chi connectivity index (χ2v) is 5.60. The molecule has 4 nitrogen and oxygen atoms in total. The molecule has 1 aliphatic rings. The first-order valence-electron chi connectivity index (χ1n) is 7.16. The molecule has 2 aromatic rings. The summed E-state index contributed by atoms with van der Waals surface area (Å²) >= 11 is 6.05. The summed E-state index contributed by atoms with van der Waals surface area (Å²) in [6.45, 7) is 0.420. The fourth-order valence-corrected chi connectivity index (χ4v) is 2.97. The standard InChI is InChI=1S/C16H18ClN3O/c1-21-10-12-9-15(17)20-16(18-12)19-14-8-4-6-11-5-2-3-7-13(11)14/h4,6,8-9H,2-3,5,7,10H2,1H3,(H,18,19,20). The van der Waals surface area contributed by atoms with Gasteiger partial charge in [0.05, 0.1) is 12.3 Å². The zero-order chi connectivity index (χ0) is 14.7. The molecule has 21 heavy (non-hydrogen) atoms. The van der Waals surface area contributed by atoms with E-state index in [0.717, 1.165) is 24.2 Å². The Hall–Kier alpha value is -1.65. The lowest BCUT2D eigenvalue weighted by molar-refractivity contribution is 0.181. The minimum absolute atomic E-state index is 0.420. The van der Waals surface area contributed by atoms with Crippen LogP contribution in [-0.2, 0) is 24.2 Å². The summed E-state index contributed by atoms with van der Waals surface area (Å²) in [6.07, 6.45) is 4.75. The number of nitrogens with one attached hydrogen (secondary N) is 1. The number of hydrogen-bond donors (Lipinski definition) is 1. The largest absolute Gasteiger partial charge is 0.378 e. The van der Waals surface area contributed by atoms with E-state index in [1.165, 1.54) is 24.0 Å². The third-order valence-electron chi connectivity index (χ3n) is 3.68. The molecule has 3 rings (SSSR count). The number of aryl methyl sites for hydroxylation is 1. The fraction of sp³-hybridized carbons (Fsp3) is 0.375. The van der Waals surface area contributed by atoms with Crippen LogP contribution in [0.4, 0.5) is 11.6 Å². The number of aromatic nitrogens is 2. The second kappa shape index (κ2) is 6.41. The van der Waals surface area contributed by atoms with Crippen LogP contribution in [0.15, 0.2) is 24.3 Å². The van der Waals surface area contributed by atoms with Gasteiger partial charge in [-0.15, -0.1) is 0 Å². The van der Waals surface area contributed by atoms with E-state index in [0.29, 0.717) is 17.7 Å². The van der Waals surface area contributed by atoms with Gasteiger partial charge in [-0.2, -0.15) is 0 Å². The molecule has 1 N–H and O–H groups in total. The Morgan fingerprint density at radius 2 is 2.10 bits per heavy atom. The fourth-order valence-electron chi connectivity index (χ4n) is 2.76. The number of benzene rings is 1. The quantitative estimate of drug-likeness (QED) is 0.870. The minimum atomic E-state index is 0.420. The number of anilines is 2. The van der Waals surface area contributed by atoms with E-state index >= 15 is 0 Å². The average molecular weight is 304 g/mol. The molecule has 0 unspecified atom stereocenters. The smallest absolute Gasteiger partial charge is 0.228 e. The number of nitrogens with zero attached hydrogens (tertiary/aromatic N) is 2. The van der Waals surface area contributed by atoms with Crippen LogP contribution < -0.4 is 5.32 Å². The molecule has 1 aliphatic carbocycles. The monoisotopic (exact) mass is 303 g/mol. The summed E-state index contributed by atoms with van der Waals surface area (Å²) in [5, 5.41) is 3.73. The van der Waals surface area contributed by atoms with Gasteiger partial charge in [0.25, 0.3) is 0 Å². The lowest BCUT2D eigenvalue weighted by Crippen LogP contribution is -2.08. The molecule has 0 fully saturated rings. The molecular weight excluding hydrogens is 286 g/mol. The van der Waals surface area contributed by atoms with Crippen molar-refractivity contribution in [2.75, 3.05) is 12.4 Å². The Balaban J connectivity index is 1.90. The first-order chi connectivity index (χ1) is 10.3. The molecule has 5 heteroatoms. The predicted octanol–water partition coefficient (Wildman–Crippen LogP) is 3.90. The van der Waals surface area contributed by atoms with E-state index in [4.69, 9.17) is 16.3 Å². The SMILES string of the molecule is COCc1cc(Cl)nc(Nc2cccc3c2CCCC3)n1. The van der Waals surface area contributed by atoms with E-state index in [2.05, 4.69) is 33.5 Å². The van der Waals surface area contributed by atoms with Gasteiger partial charge in [0.15, 0.2) is 0 Å². The molecule has 0 spiro atoms. The zero-order valence-corrected chi connectivity index (χ0v) is 12.8. The van der Waals surface area contributed by atoms with Gasteiger partial charge in [-0.05, 0) is 48.9 Å². The summed E-state index contributed by atoms with van der Waals surface area (Å²) in [5.74, 6) is 0.522. The van der Waals surface area contributed by atoms with Crippen LogP contribution in [0, 0.1) is 0 Å². The van der Waals surface area contributed by atoms with E-state index in [1.807, 2.05) is 0 Å². The van der Waals surface area contributed by atoms with E-state index in [-0.39, 0.29) is 0 Å². The molecule has 1 heterocycles. The first-order valence-corrected chi connectivity index (χ1v) is 7.54. The summed E-state index contributed by atoms with van der Waals surface area (Å²) in [7, 11) is 1.64. The lowest BCUT2D eigenvalue weighted by Gasteiger charge is -2.19. The van der Waals surface area contributed by atoms with Gasteiger partial charge >= 0.3 is 0 Å². The molecule has 0 radical (unpaired) electrons. The molecule has 0 saturated carbocycles. The molecule has 0 amide bonds. The van der Waals surface area contributed by atoms with E-state index < -0.39 is 0 Å². The van der Waals surface area contributed by atoms with Crippen LogP contribution in [0.2, 0.25) is 5.15 Å². The van der Waals surface area contributed by atoms with Crippen LogP contribution in [0.3, 0.4) is 0 Å². The number of methoxy groups -OCH3 is 1. The highest BCUT2D eigenvalue weighted by Gasteiger charge is 2.14. The van der Waals surface area contributed by atoms with Gasteiger partial charge in [-0.1, -0.05) is 23.7 Å². The molecule has 0 saturated heterocycles. The van der Waals surface area contributed by atoms with Crippen molar-refractivity contribution in [3.8, 4) is 0 Å². The third-order valence-corrected chi connectivity index (χ3v) is 3.88. The number of rotatable bonds is 4. The predicted molar refractivity (Wildman–Crippen MR) is 84.1 cm³/mol. The number of fused-ring (bicyclic) bond motifs is 1. The third kappa shape index (κ3) is 3.34. The lowest BCUT2D eigenvalue weighted by atomic mass is 9.90. The normalized spacial score (nSPS) is 13.8. The van der Waals surface area contributed by atoms with Crippen LogP contribution in [0.1, 0.15) is 29.7 Å². The molecule has 0 atom stereocenters. The molecule has 0 bridgehead atoms. The van der Waals surface area contributed by atoms with Crippen LogP contribution in [0.25, 0.3) is 0 Å². The van der Waals surface area contributed by atoms with Crippen molar-refractivity contribution in [1.82, 2.24) is 9.97 Å². The number of ether oxygens (including phenoxy) is 1. The van der Waals surface area contributed by atoms with Gasteiger partial charge in [-0.3, -0.25) is 0 Å². The highest BCUT2D eigenvalue weighted by Crippen LogP contribution is 2.29. The molecule has 1 aromatic carbocycles. The summed E-state index contributed by atoms with van der Waals surface area (Å²) in [5.41, 5.74) is 4.65. The summed E-state index contributed by atoms with van der Waals surface area (Å²) in [6, 6.07) is 8.07. The highest BCUT2D eigenvalue weighted by molar-refractivity contribution is 6.29. The molecular formula is C16H18ClN3O. The Bertz CT molecular complexity index is 645. The summed E-state index contributed by atoms with van der Waals surface area (Å²) < 4.78 is 5.10. The van der Waals surface area contributed by atoms with Crippen LogP contribution in [-0.4, -0.2) is 17.1 Å². The molecule has 1 aromatic heterocycles. The van der Waals surface area contributed by atoms with Crippen LogP contribution in [0.5, 0.6) is 0 Å². The van der Waals surface area contributed by atoms with Gasteiger partial charge in [0.2, 0.25) is 5.95 Å². The van der Waals surface area contributed by atoms with E-state index in [1.54, 1.807) is 13.2 Å². The van der Waals surface area contributed by atoms with E-state index in [9.17, 15) is 0 Å². The molecule has 0 aliphatic heterocycles. The Morgan fingerprint density at radius 1 is 1.24 bits per heavy atom. The van der Waals surface area contributed by atoms with Crippen molar-refractivity contribution < 1.29 is 4.74 Å². The van der Waals surface area contributed by atoms with Crippen molar-refractivity contribution in [3.63, 3.8) is 0 Å². The maximum Gasteiger partial charge on any atom is 0.228 e. The maximum absolute atomic E-state index is 6.05. The van der Waals surface area contributed by atoms with Gasteiger partial charge in [-0.25, -0.2) is 9.97 Å².